The number of fused-ring (bicyclic) bond motifs is 1. The third kappa shape index (κ3) is 7.72. The molecule has 0 spiro atoms. The lowest BCUT2D eigenvalue weighted by atomic mass is 10.1. The van der Waals surface area contributed by atoms with Gasteiger partial charge in [0.15, 0.2) is 0 Å². The second-order valence-electron chi connectivity index (χ2n) is 7.02. The van der Waals surface area contributed by atoms with Crippen LogP contribution in [0.1, 0.15) is 41.1 Å². The summed E-state index contributed by atoms with van der Waals surface area (Å²) >= 11 is 0. The molecule has 0 saturated heterocycles. The van der Waals surface area contributed by atoms with Gasteiger partial charge >= 0.3 is 0 Å². The largest absolute Gasteiger partial charge is 0.457 e. The predicted molar refractivity (Wildman–Crippen MR) is 122 cm³/mol. The number of nitrogens with one attached hydrogen (secondary N) is 2. The zero-order valence-electron chi connectivity index (χ0n) is 17.8. The SMILES string of the molecule is CC(C)NCc1cc2ccc(Oc3ccccc3)cc2[nH]c1=O.CCCOCC.[HH]. The van der Waals surface area contributed by atoms with Gasteiger partial charge in [0, 0.05) is 38.9 Å². The van der Waals surface area contributed by atoms with Crippen LogP contribution in [-0.2, 0) is 11.3 Å². The van der Waals surface area contributed by atoms with Gasteiger partial charge in [-0.05, 0) is 49.1 Å². The zero-order chi connectivity index (χ0) is 21.1. The normalized spacial score (nSPS) is 10.7. The summed E-state index contributed by atoms with van der Waals surface area (Å²) in [7, 11) is 0. The number of H-pyrrole nitrogens is 1. The number of aromatic amines is 1. The van der Waals surface area contributed by atoms with Gasteiger partial charge in [0.2, 0.25) is 0 Å². The molecule has 5 nitrogen and oxygen atoms in total. The first kappa shape index (κ1) is 22.7. The van der Waals surface area contributed by atoms with Crippen molar-refractivity contribution in [3.05, 3.63) is 70.5 Å². The molecule has 1 heterocycles. The Labute approximate surface area is 174 Å². The van der Waals surface area contributed by atoms with Crippen LogP contribution in [0.2, 0.25) is 0 Å². The van der Waals surface area contributed by atoms with Crippen molar-refractivity contribution in [3.63, 3.8) is 0 Å². The van der Waals surface area contributed by atoms with Crippen LogP contribution < -0.4 is 15.6 Å². The van der Waals surface area contributed by atoms with E-state index in [4.69, 9.17) is 9.47 Å². The number of benzene rings is 2. The third-order valence-electron chi connectivity index (χ3n) is 4.13. The monoisotopic (exact) mass is 398 g/mol. The number of para-hydroxylation sites is 1. The van der Waals surface area contributed by atoms with E-state index in [1.807, 2.05) is 61.5 Å². The van der Waals surface area contributed by atoms with Crippen molar-refractivity contribution in [1.29, 1.82) is 0 Å². The van der Waals surface area contributed by atoms with Gasteiger partial charge in [0.1, 0.15) is 11.5 Å². The molecule has 0 aliphatic carbocycles. The topological polar surface area (TPSA) is 63.3 Å². The van der Waals surface area contributed by atoms with Gasteiger partial charge in [-0.2, -0.15) is 0 Å². The van der Waals surface area contributed by atoms with Crippen LogP contribution >= 0.6 is 0 Å². The quantitative estimate of drug-likeness (QED) is 0.492. The lowest BCUT2D eigenvalue weighted by Crippen LogP contribution is -2.26. The molecule has 1 aromatic heterocycles. The number of aromatic nitrogens is 1. The Hall–Kier alpha value is -2.63. The summed E-state index contributed by atoms with van der Waals surface area (Å²) in [6.45, 7) is 10.6. The highest BCUT2D eigenvalue weighted by Crippen LogP contribution is 2.24. The molecule has 0 atom stereocenters. The fraction of sp³-hybridized carbons (Fsp3) is 0.375. The van der Waals surface area contributed by atoms with Crippen molar-refractivity contribution in [2.45, 2.75) is 46.7 Å². The van der Waals surface area contributed by atoms with E-state index in [0.29, 0.717) is 18.3 Å². The molecule has 0 fully saturated rings. The smallest absolute Gasteiger partial charge is 0.252 e. The molecule has 29 heavy (non-hydrogen) atoms. The van der Waals surface area contributed by atoms with E-state index in [0.717, 1.165) is 41.9 Å². The Balaban J connectivity index is 0.000000567. The molecule has 2 N–H and O–H groups in total. The number of hydrogen-bond donors (Lipinski definition) is 2. The molecular formula is C24H34N2O3. The maximum Gasteiger partial charge on any atom is 0.252 e. The third-order valence-corrected chi connectivity index (χ3v) is 4.13. The minimum absolute atomic E-state index is 0. The number of ether oxygens (including phenoxy) is 2. The molecule has 158 valence electrons. The first-order valence-corrected chi connectivity index (χ1v) is 10.2. The highest BCUT2D eigenvalue weighted by molar-refractivity contribution is 5.80. The van der Waals surface area contributed by atoms with Crippen molar-refractivity contribution in [2.24, 2.45) is 0 Å². The first-order chi connectivity index (χ1) is 14.0. The van der Waals surface area contributed by atoms with Crippen molar-refractivity contribution < 1.29 is 10.9 Å². The Morgan fingerprint density at radius 3 is 2.41 bits per heavy atom. The van der Waals surface area contributed by atoms with Gasteiger partial charge in [-0.15, -0.1) is 0 Å². The summed E-state index contributed by atoms with van der Waals surface area (Å²) in [4.78, 5) is 15.1. The summed E-state index contributed by atoms with van der Waals surface area (Å²) in [6, 6.07) is 17.6. The molecule has 0 saturated carbocycles. The molecular weight excluding hydrogens is 364 g/mol. The van der Waals surface area contributed by atoms with Crippen LogP contribution in [0.5, 0.6) is 11.5 Å². The maximum atomic E-state index is 12.2. The van der Waals surface area contributed by atoms with E-state index in [9.17, 15) is 4.79 Å². The number of pyridine rings is 1. The van der Waals surface area contributed by atoms with Crippen LogP contribution in [0.3, 0.4) is 0 Å². The van der Waals surface area contributed by atoms with E-state index in [-0.39, 0.29) is 6.99 Å². The van der Waals surface area contributed by atoms with E-state index < -0.39 is 0 Å². The van der Waals surface area contributed by atoms with E-state index >= 15 is 0 Å². The molecule has 2 aromatic carbocycles. The predicted octanol–water partition coefficient (Wildman–Crippen LogP) is 5.50. The lowest BCUT2D eigenvalue weighted by molar-refractivity contribution is 0.148. The highest BCUT2D eigenvalue weighted by Gasteiger charge is 2.05. The summed E-state index contributed by atoms with van der Waals surface area (Å²) < 4.78 is 10.8. The molecule has 0 radical (unpaired) electrons. The Bertz CT molecular complexity index is 923. The maximum absolute atomic E-state index is 12.2. The summed E-state index contributed by atoms with van der Waals surface area (Å²) in [5.41, 5.74) is 1.45. The van der Waals surface area contributed by atoms with Gasteiger partial charge in [-0.25, -0.2) is 0 Å². The van der Waals surface area contributed by atoms with Gasteiger partial charge in [0.05, 0.1) is 5.52 Å². The van der Waals surface area contributed by atoms with Crippen molar-refractivity contribution in [2.75, 3.05) is 13.2 Å². The highest BCUT2D eigenvalue weighted by atomic mass is 16.5. The molecule has 5 heteroatoms. The average Bonchev–Trinajstić information content (AvgIpc) is 2.72. The standard InChI is InChI=1S/C19H20N2O2.C5H12O.H2/c1-13(2)20-12-15-10-14-8-9-17(11-18(14)21-19(15)22)23-16-6-4-3-5-7-16;1-3-5-6-4-2;/h3-11,13,20H,12H2,1-2H3,(H,21,22);3-5H2,1-2H3;1H. The summed E-state index contributed by atoms with van der Waals surface area (Å²) in [5.74, 6) is 1.47. The number of hydrogen-bond acceptors (Lipinski definition) is 4. The lowest BCUT2D eigenvalue weighted by Gasteiger charge is -2.09. The van der Waals surface area contributed by atoms with Gasteiger partial charge in [-0.1, -0.05) is 39.0 Å². The first-order valence-electron chi connectivity index (χ1n) is 10.2. The van der Waals surface area contributed by atoms with Crippen LogP contribution in [0.25, 0.3) is 10.9 Å². The van der Waals surface area contributed by atoms with Crippen molar-refractivity contribution in [3.8, 4) is 11.5 Å². The minimum atomic E-state index is -0.0671. The average molecular weight is 399 g/mol. The Morgan fingerprint density at radius 2 is 1.79 bits per heavy atom. The van der Waals surface area contributed by atoms with Gasteiger partial charge in [0.25, 0.3) is 5.56 Å². The minimum Gasteiger partial charge on any atom is -0.457 e. The second kappa shape index (κ2) is 12.0. The van der Waals surface area contributed by atoms with Crippen molar-refractivity contribution in [1.82, 2.24) is 10.3 Å². The van der Waals surface area contributed by atoms with Crippen LogP contribution in [-0.4, -0.2) is 24.2 Å². The summed E-state index contributed by atoms with van der Waals surface area (Å²) in [6.07, 6.45) is 1.13. The second-order valence-corrected chi connectivity index (χ2v) is 7.02. The molecule has 0 bridgehead atoms. The Kier molecular flexibility index (Phi) is 9.41. The molecule has 0 aliphatic heterocycles. The zero-order valence-corrected chi connectivity index (χ0v) is 17.8. The molecule has 0 aliphatic rings. The fourth-order valence-corrected chi connectivity index (χ4v) is 2.65. The van der Waals surface area contributed by atoms with E-state index in [2.05, 4.69) is 31.1 Å². The van der Waals surface area contributed by atoms with Gasteiger partial charge in [-0.3, -0.25) is 4.79 Å². The van der Waals surface area contributed by atoms with Crippen LogP contribution in [0.4, 0.5) is 0 Å². The molecule has 0 amide bonds. The Morgan fingerprint density at radius 1 is 1.03 bits per heavy atom. The van der Waals surface area contributed by atoms with E-state index in [1.54, 1.807) is 0 Å². The van der Waals surface area contributed by atoms with E-state index in [1.165, 1.54) is 0 Å². The fourth-order valence-electron chi connectivity index (χ4n) is 2.65. The van der Waals surface area contributed by atoms with Gasteiger partial charge < -0.3 is 19.8 Å². The molecule has 3 rings (SSSR count). The number of rotatable bonds is 8. The van der Waals surface area contributed by atoms with Crippen LogP contribution in [0.15, 0.2) is 59.4 Å². The molecule has 0 unspecified atom stereocenters. The molecule has 3 aromatic rings. The van der Waals surface area contributed by atoms with Crippen molar-refractivity contribution >= 4 is 10.9 Å². The van der Waals surface area contributed by atoms with Crippen LogP contribution in [0, 0.1) is 0 Å². The summed E-state index contributed by atoms with van der Waals surface area (Å²) in [5, 5.41) is 4.26.